The van der Waals surface area contributed by atoms with E-state index in [4.69, 9.17) is 28.4 Å². The van der Waals surface area contributed by atoms with Gasteiger partial charge in [-0.2, -0.15) is 0 Å². The highest BCUT2D eigenvalue weighted by molar-refractivity contribution is 6.01. The first-order valence-electron chi connectivity index (χ1n) is 18.3. The maximum atomic E-state index is 14.0. The topological polar surface area (TPSA) is 151 Å². The van der Waals surface area contributed by atoms with Crippen molar-refractivity contribution in [3.05, 3.63) is 29.8 Å². The molecule has 1 spiro atoms. The molecule has 5 saturated carbocycles. The van der Waals surface area contributed by atoms with Crippen LogP contribution in [-0.4, -0.2) is 132 Å². The van der Waals surface area contributed by atoms with Gasteiger partial charge in [-0.25, -0.2) is 4.79 Å². The largest absolute Gasteiger partial charge is 0.469 e. The minimum Gasteiger partial charge on any atom is -0.469 e. The number of methoxy groups -OCH3 is 6. The van der Waals surface area contributed by atoms with Crippen molar-refractivity contribution in [2.45, 2.75) is 87.1 Å². The number of benzene rings is 1. The molecule has 0 aromatic heterocycles. The molecule has 1 heterocycles. The maximum Gasteiger partial charge on any atom is 0.340 e. The van der Waals surface area contributed by atoms with Crippen LogP contribution in [0.5, 0.6) is 0 Å². The van der Waals surface area contributed by atoms with Crippen LogP contribution >= 0.6 is 0 Å². The quantitative estimate of drug-likeness (QED) is 0.289. The smallest absolute Gasteiger partial charge is 0.340 e. The van der Waals surface area contributed by atoms with Gasteiger partial charge in [-0.1, -0.05) is 19.1 Å². The Morgan fingerprint density at radius 1 is 1.00 bits per heavy atom. The fraction of sp³-hybridized carbons (Fsp3) is 0.763. The van der Waals surface area contributed by atoms with Crippen LogP contribution in [0.4, 0.5) is 5.69 Å². The van der Waals surface area contributed by atoms with Gasteiger partial charge in [0, 0.05) is 83.5 Å². The van der Waals surface area contributed by atoms with Gasteiger partial charge in [-0.3, -0.25) is 14.5 Å². The standard InChI is InChI=1S/C38H54N2O11/c1-8-40-19-35(20-51-33(43)21-11-9-10-12-24(21)39-27(41)13-14-28(42)47-4)16-15-26(46-3)37-23-17-22-25(45-2)18-36(50-7,29(23)30(22)48-5)38(44,34(37)40)32(49-6)31(35)37/h9-12,22-23,25-26,29-32,34,44H,8,13-20H2,1-7H3,(H,39,41)/t22-,23-,25+,26+,29-,30+,31-,32+,34?,35+,36+,37+,38-/m0/s1. The summed E-state index contributed by atoms with van der Waals surface area (Å²) in [7, 11) is 9.92. The average molecular weight is 715 g/mol. The van der Waals surface area contributed by atoms with Crippen LogP contribution in [0.25, 0.3) is 0 Å². The average Bonchev–Trinajstić information content (AvgIpc) is 3.55. The molecule has 13 nitrogen and oxygen atoms in total. The second-order valence-electron chi connectivity index (χ2n) is 15.6. The number of ether oxygens (including phenoxy) is 7. The minimum atomic E-state index is -1.46. The maximum absolute atomic E-state index is 14.0. The molecule has 13 heteroatoms. The van der Waals surface area contributed by atoms with Crippen molar-refractivity contribution < 1.29 is 52.6 Å². The van der Waals surface area contributed by atoms with Crippen LogP contribution in [0.15, 0.2) is 24.3 Å². The molecule has 0 radical (unpaired) electrons. The second kappa shape index (κ2) is 13.3. The summed E-state index contributed by atoms with van der Waals surface area (Å²) >= 11 is 0. The summed E-state index contributed by atoms with van der Waals surface area (Å²) in [6, 6.07) is 6.37. The zero-order valence-electron chi connectivity index (χ0n) is 30.8. The molecule has 7 rings (SSSR count). The molecule has 1 unspecified atom stereocenters. The first-order chi connectivity index (χ1) is 24.5. The van der Waals surface area contributed by atoms with E-state index in [1.165, 1.54) is 7.11 Å². The molecule has 13 atom stereocenters. The van der Waals surface area contributed by atoms with Crippen molar-refractivity contribution in [3.63, 3.8) is 0 Å². The van der Waals surface area contributed by atoms with Gasteiger partial charge in [0.15, 0.2) is 0 Å². The Balaban J connectivity index is 1.29. The Labute approximate surface area is 299 Å². The number of nitrogens with zero attached hydrogens (tertiary/aromatic N) is 1. The van der Waals surface area contributed by atoms with Crippen molar-refractivity contribution in [2.75, 3.05) is 67.7 Å². The summed E-state index contributed by atoms with van der Waals surface area (Å²) in [6.45, 7) is 3.46. The molecular formula is C38H54N2O11. The fourth-order valence-corrected chi connectivity index (χ4v) is 12.9. The Bertz CT molecular complexity index is 1530. The van der Waals surface area contributed by atoms with E-state index >= 15 is 0 Å². The third kappa shape index (κ3) is 4.74. The minimum absolute atomic E-state index is 0.0542. The summed E-state index contributed by atoms with van der Waals surface area (Å²) in [5.41, 5.74) is -3.11. The van der Waals surface area contributed by atoms with E-state index in [0.29, 0.717) is 31.6 Å². The summed E-state index contributed by atoms with van der Waals surface area (Å²) in [5.74, 6) is -1.65. The summed E-state index contributed by atoms with van der Waals surface area (Å²) in [4.78, 5) is 40.7. The highest BCUT2D eigenvalue weighted by atomic mass is 16.6. The number of esters is 2. The van der Waals surface area contributed by atoms with Crippen molar-refractivity contribution in [3.8, 4) is 0 Å². The highest BCUT2D eigenvalue weighted by Gasteiger charge is 2.92. The number of hydrogen-bond donors (Lipinski definition) is 2. The van der Waals surface area contributed by atoms with Crippen molar-refractivity contribution in [2.24, 2.45) is 34.5 Å². The van der Waals surface area contributed by atoms with E-state index in [2.05, 4.69) is 21.9 Å². The van der Waals surface area contributed by atoms with Crippen LogP contribution in [-0.2, 0) is 42.7 Å². The number of aliphatic hydroxyl groups is 1. The lowest BCUT2D eigenvalue weighted by Gasteiger charge is -2.70. The van der Waals surface area contributed by atoms with Gasteiger partial charge in [0.05, 0.1) is 61.8 Å². The van der Waals surface area contributed by atoms with Gasteiger partial charge in [-0.05, 0) is 43.9 Å². The molecule has 51 heavy (non-hydrogen) atoms. The van der Waals surface area contributed by atoms with Gasteiger partial charge in [-0.15, -0.1) is 0 Å². The van der Waals surface area contributed by atoms with E-state index in [1.807, 2.05) is 0 Å². The molecule has 6 fully saturated rings. The third-order valence-electron chi connectivity index (χ3n) is 14.3. The molecule has 1 aliphatic heterocycles. The number of anilines is 1. The number of carbonyl (C=O) groups excluding carboxylic acids is 3. The molecule has 1 saturated heterocycles. The Kier molecular flexibility index (Phi) is 9.59. The van der Waals surface area contributed by atoms with Gasteiger partial charge in [0.2, 0.25) is 5.91 Å². The molecule has 6 aliphatic rings. The number of nitrogens with one attached hydrogen (secondary N) is 1. The monoisotopic (exact) mass is 714 g/mol. The van der Waals surface area contributed by atoms with Crippen LogP contribution < -0.4 is 5.32 Å². The van der Waals surface area contributed by atoms with E-state index in [0.717, 1.165) is 12.8 Å². The Hall–Kier alpha value is -2.65. The van der Waals surface area contributed by atoms with Gasteiger partial charge in [0.25, 0.3) is 0 Å². The molecule has 7 bridgehead atoms. The fourth-order valence-electron chi connectivity index (χ4n) is 12.9. The normalized spacial score (nSPS) is 43.1. The van der Waals surface area contributed by atoms with Gasteiger partial charge < -0.3 is 43.6 Å². The lowest BCUT2D eigenvalue weighted by atomic mass is 9.42. The molecular weight excluding hydrogens is 660 g/mol. The second-order valence-corrected chi connectivity index (χ2v) is 15.6. The molecule has 282 valence electrons. The molecule has 5 aliphatic carbocycles. The van der Waals surface area contributed by atoms with E-state index in [-0.39, 0.29) is 73.0 Å². The Morgan fingerprint density at radius 2 is 1.76 bits per heavy atom. The molecule has 1 amide bonds. The Morgan fingerprint density at radius 3 is 2.41 bits per heavy atom. The van der Waals surface area contributed by atoms with Crippen molar-refractivity contribution in [1.29, 1.82) is 0 Å². The van der Waals surface area contributed by atoms with Crippen LogP contribution in [0.3, 0.4) is 0 Å². The number of likely N-dealkylation sites (N-methyl/N-ethyl adjacent to an activating group) is 1. The summed E-state index contributed by atoms with van der Waals surface area (Å²) in [6.07, 6.45) is 1.43. The first-order valence-corrected chi connectivity index (χ1v) is 18.3. The molecule has 2 N–H and O–H groups in total. The van der Waals surface area contributed by atoms with E-state index < -0.39 is 46.0 Å². The number of fused-ring (bicyclic) bond motifs is 2. The lowest BCUT2D eigenvalue weighted by molar-refractivity contribution is -0.326. The SMILES string of the molecule is CCN1C[C@@]2(COC(=O)c3ccccc3NC(=O)CCC(=O)OC)CC[C@@H](OC)[C@@]34C1[C@@](O)([C@H](OC)[C@@H]23)[C@@]1(OC)C[C@@H](OC)[C@@H]2C[C@H]4[C@H]1[C@@H]2OC. The predicted octanol–water partition coefficient (Wildman–Crippen LogP) is 2.68. The highest BCUT2D eigenvalue weighted by Crippen LogP contribution is 2.81. The number of para-hydroxylation sites is 1. The van der Waals surface area contributed by atoms with Crippen molar-refractivity contribution in [1.82, 2.24) is 4.90 Å². The van der Waals surface area contributed by atoms with Crippen LogP contribution in [0, 0.1) is 34.5 Å². The zero-order valence-corrected chi connectivity index (χ0v) is 30.8. The first kappa shape index (κ1) is 36.7. The molecule has 1 aromatic carbocycles. The number of hydrogen-bond acceptors (Lipinski definition) is 12. The number of piperidine rings is 1. The number of rotatable bonds is 13. The lowest BCUT2D eigenvalue weighted by Crippen LogP contribution is -2.82. The molecule has 1 aromatic rings. The third-order valence-corrected chi connectivity index (χ3v) is 14.3. The van der Waals surface area contributed by atoms with Crippen LogP contribution in [0.2, 0.25) is 0 Å². The van der Waals surface area contributed by atoms with E-state index in [9.17, 15) is 19.5 Å². The summed E-state index contributed by atoms with van der Waals surface area (Å²) in [5, 5.41) is 16.5. The van der Waals surface area contributed by atoms with Gasteiger partial charge >= 0.3 is 11.9 Å². The van der Waals surface area contributed by atoms with Crippen molar-refractivity contribution >= 4 is 23.5 Å². The number of amides is 1. The van der Waals surface area contributed by atoms with E-state index in [1.54, 1.807) is 59.8 Å². The number of likely N-dealkylation sites (tertiary alicyclic amines) is 1. The summed E-state index contributed by atoms with van der Waals surface area (Å²) < 4.78 is 43.2. The zero-order chi connectivity index (χ0) is 36.5. The number of carbonyl (C=O) groups is 3. The predicted molar refractivity (Wildman–Crippen MR) is 183 cm³/mol. The van der Waals surface area contributed by atoms with Crippen LogP contribution in [0.1, 0.15) is 55.8 Å². The van der Waals surface area contributed by atoms with Gasteiger partial charge in [0.1, 0.15) is 11.2 Å².